The third-order valence-corrected chi connectivity index (χ3v) is 6.74. The van der Waals surface area contributed by atoms with E-state index < -0.39 is 5.97 Å². The largest absolute Gasteiger partial charge is 0.464 e. The molecular formula is C22H21NO4S. The quantitative estimate of drug-likeness (QED) is 0.633. The number of nitrogens with zero attached hydrogens (tertiary/aromatic N) is 1. The maximum absolute atomic E-state index is 12.4. The number of hydrogen-bond donors (Lipinski definition) is 0. The van der Waals surface area contributed by atoms with E-state index in [1.165, 1.54) is 28.0 Å². The van der Waals surface area contributed by atoms with Gasteiger partial charge in [-0.2, -0.15) is 0 Å². The Morgan fingerprint density at radius 2 is 2.00 bits per heavy atom. The summed E-state index contributed by atoms with van der Waals surface area (Å²) in [5, 5.41) is 3.04. The molecule has 0 N–H and O–H groups in total. The van der Waals surface area contributed by atoms with E-state index in [1.54, 1.807) is 22.5 Å². The second-order valence-corrected chi connectivity index (χ2v) is 8.50. The van der Waals surface area contributed by atoms with E-state index in [1.807, 2.05) is 0 Å². The van der Waals surface area contributed by atoms with Crippen molar-refractivity contribution in [1.29, 1.82) is 0 Å². The van der Waals surface area contributed by atoms with Crippen molar-refractivity contribution in [3.63, 3.8) is 0 Å². The van der Waals surface area contributed by atoms with Crippen LogP contribution in [-0.2, 0) is 46.6 Å². The van der Waals surface area contributed by atoms with E-state index in [0.29, 0.717) is 13.1 Å². The smallest absolute Gasteiger partial charge is 0.310 e. The second kappa shape index (κ2) is 7.09. The van der Waals surface area contributed by atoms with Crippen LogP contribution in [0.2, 0.25) is 0 Å². The van der Waals surface area contributed by atoms with Gasteiger partial charge in [-0.05, 0) is 66.0 Å². The lowest BCUT2D eigenvalue weighted by Gasteiger charge is -2.26. The van der Waals surface area contributed by atoms with E-state index in [0.717, 1.165) is 35.8 Å². The van der Waals surface area contributed by atoms with Gasteiger partial charge in [0.2, 0.25) is 0 Å². The molecule has 5 nitrogen and oxygen atoms in total. The van der Waals surface area contributed by atoms with E-state index in [-0.39, 0.29) is 18.9 Å². The molecule has 0 fully saturated rings. The first kappa shape index (κ1) is 17.5. The third-order valence-electron chi connectivity index (χ3n) is 5.72. The molecular weight excluding hydrogens is 374 g/mol. The second-order valence-electron chi connectivity index (χ2n) is 7.50. The molecule has 144 valence electrons. The van der Waals surface area contributed by atoms with Crippen LogP contribution in [0.5, 0.6) is 0 Å². The van der Waals surface area contributed by atoms with Gasteiger partial charge in [-0.15, -0.1) is 11.3 Å². The van der Waals surface area contributed by atoms with Crippen molar-refractivity contribution in [3.8, 4) is 0 Å². The molecule has 1 aliphatic carbocycles. The van der Waals surface area contributed by atoms with Crippen LogP contribution in [0, 0.1) is 0 Å². The highest BCUT2D eigenvalue weighted by Crippen LogP contribution is 2.30. The molecule has 0 bridgehead atoms. The molecule has 0 atom stereocenters. The minimum atomic E-state index is -0.398. The predicted octanol–water partition coefficient (Wildman–Crippen LogP) is 3.65. The van der Waals surface area contributed by atoms with Crippen molar-refractivity contribution >= 4 is 34.2 Å². The van der Waals surface area contributed by atoms with Gasteiger partial charge >= 0.3 is 5.97 Å². The van der Waals surface area contributed by atoms with Crippen LogP contribution >= 0.6 is 11.3 Å². The summed E-state index contributed by atoms with van der Waals surface area (Å²) in [6.45, 7) is 1.08. The van der Waals surface area contributed by atoms with Crippen molar-refractivity contribution < 1.29 is 18.7 Å². The van der Waals surface area contributed by atoms with Crippen LogP contribution in [0.25, 0.3) is 11.0 Å². The fourth-order valence-electron chi connectivity index (χ4n) is 4.19. The Hall–Kier alpha value is -2.60. The van der Waals surface area contributed by atoms with Gasteiger partial charge in [0, 0.05) is 28.9 Å². The van der Waals surface area contributed by atoms with Gasteiger partial charge in [-0.3, -0.25) is 9.59 Å². The average molecular weight is 395 g/mol. The Labute approximate surface area is 166 Å². The molecule has 6 heteroatoms. The van der Waals surface area contributed by atoms with Crippen molar-refractivity contribution in [2.75, 3.05) is 13.2 Å². The topological polar surface area (TPSA) is 59.8 Å². The number of fused-ring (bicyclic) bond motifs is 3. The first-order valence-electron chi connectivity index (χ1n) is 9.68. The zero-order chi connectivity index (χ0) is 19.1. The highest BCUT2D eigenvalue weighted by atomic mass is 32.1. The van der Waals surface area contributed by atoms with Gasteiger partial charge in [-0.25, -0.2) is 0 Å². The first-order valence-corrected chi connectivity index (χ1v) is 10.6. The van der Waals surface area contributed by atoms with Crippen LogP contribution in [0.3, 0.4) is 0 Å². The highest BCUT2D eigenvalue weighted by Gasteiger charge is 2.23. The van der Waals surface area contributed by atoms with Crippen LogP contribution < -0.4 is 0 Å². The monoisotopic (exact) mass is 395 g/mol. The molecule has 28 heavy (non-hydrogen) atoms. The molecule has 2 aliphatic rings. The van der Waals surface area contributed by atoms with Gasteiger partial charge in [0.15, 0.2) is 6.61 Å². The SMILES string of the molecule is O=C(Cc1coc2cc3c(cc12)CCC3)OCC(=O)N1CCc2sccc2C1. The number of aryl methyl sites for hydroxylation is 2. The number of rotatable bonds is 4. The van der Waals surface area contributed by atoms with E-state index in [2.05, 4.69) is 23.6 Å². The fourth-order valence-corrected chi connectivity index (χ4v) is 5.08. The standard InChI is InChI=1S/C22H21NO4S/c24-21(23-6-4-20-16(11-23)5-7-28-20)13-27-22(25)10-17-12-26-19-9-15-3-1-2-14(15)8-18(17)19/h5,7-9,12H,1-4,6,10-11,13H2. The number of amides is 1. The molecule has 1 aromatic carbocycles. The molecule has 3 aromatic rings. The van der Waals surface area contributed by atoms with Crippen LogP contribution in [0.15, 0.2) is 34.3 Å². The Bertz CT molecular complexity index is 1060. The molecule has 1 amide bonds. The average Bonchev–Trinajstić information content (AvgIpc) is 3.43. The number of carbonyl (C=O) groups excluding carboxylic acids is 2. The maximum Gasteiger partial charge on any atom is 0.310 e. The van der Waals surface area contributed by atoms with Gasteiger partial charge in [0.05, 0.1) is 12.7 Å². The zero-order valence-corrected chi connectivity index (χ0v) is 16.3. The Balaban J connectivity index is 1.20. The summed E-state index contributed by atoms with van der Waals surface area (Å²) in [6.07, 6.45) is 5.97. The minimum absolute atomic E-state index is 0.119. The molecule has 0 radical (unpaired) electrons. The number of benzene rings is 1. The van der Waals surface area contributed by atoms with Crippen LogP contribution in [-0.4, -0.2) is 29.9 Å². The van der Waals surface area contributed by atoms with Crippen molar-refractivity contribution in [1.82, 2.24) is 4.90 Å². The summed E-state index contributed by atoms with van der Waals surface area (Å²) in [6, 6.07) is 6.29. The molecule has 3 heterocycles. The van der Waals surface area contributed by atoms with Crippen molar-refractivity contribution in [2.24, 2.45) is 0 Å². The number of hydrogen-bond acceptors (Lipinski definition) is 5. The summed E-state index contributed by atoms with van der Waals surface area (Å²) < 4.78 is 10.9. The minimum Gasteiger partial charge on any atom is -0.464 e. The summed E-state index contributed by atoms with van der Waals surface area (Å²) in [5.74, 6) is -0.537. The summed E-state index contributed by atoms with van der Waals surface area (Å²) in [7, 11) is 0. The Morgan fingerprint density at radius 1 is 1.14 bits per heavy atom. The lowest BCUT2D eigenvalue weighted by molar-refractivity contribution is -0.151. The number of esters is 1. The normalized spacial score (nSPS) is 15.5. The van der Waals surface area contributed by atoms with Gasteiger partial charge < -0.3 is 14.1 Å². The maximum atomic E-state index is 12.4. The number of ether oxygens (including phenoxy) is 1. The van der Waals surface area contributed by atoms with Crippen molar-refractivity contribution in [2.45, 2.75) is 38.6 Å². The zero-order valence-electron chi connectivity index (χ0n) is 15.5. The lowest BCUT2D eigenvalue weighted by Crippen LogP contribution is -2.38. The summed E-state index contributed by atoms with van der Waals surface area (Å²) in [4.78, 5) is 27.8. The molecule has 0 unspecified atom stereocenters. The molecule has 0 saturated heterocycles. The first-order chi connectivity index (χ1) is 13.7. The molecule has 0 saturated carbocycles. The van der Waals surface area contributed by atoms with Crippen LogP contribution in [0.4, 0.5) is 0 Å². The molecule has 5 rings (SSSR count). The number of carbonyl (C=O) groups is 2. The van der Waals surface area contributed by atoms with Gasteiger partial charge in [-0.1, -0.05) is 0 Å². The molecule has 0 spiro atoms. The van der Waals surface area contributed by atoms with E-state index >= 15 is 0 Å². The molecule has 2 aromatic heterocycles. The van der Waals surface area contributed by atoms with Gasteiger partial charge in [0.25, 0.3) is 5.91 Å². The summed E-state index contributed by atoms with van der Waals surface area (Å²) in [5.41, 5.74) is 5.53. The lowest BCUT2D eigenvalue weighted by atomic mass is 10.0. The Kier molecular flexibility index (Phi) is 4.43. The summed E-state index contributed by atoms with van der Waals surface area (Å²) >= 11 is 1.74. The van der Waals surface area contributed by atoms with Crippen molar-refractivity contribution in [3.05, 3.63) is 57.0 Å². The Morgan fingerprint density at radius 3 is 2.89 bits per heavy atom. The van der Waals surface area contributed by atoms with E-state index in [4.69, 9.17) is 9.15 Å². The van der Waals surface area contributed by atoms with Gasteiger partial charge in [0.1, 0.15) is 5.58 Å². The highest BCUT2D eigenvalue weighted by molar-refractivity contribution is 7.10. The number of thiophene rings is 1. The third kappa shape index (κ3) is 3.22. The predicted molar refractivity (Wildman–Crippen MR) is 106 cm³/mol. The number of furan rings is 1. The fraction of sp³-hybridized carbons (Fsp3) is 0.364. The molecule has 1 aliphatic heterocycles. The van der Waals surface area contributed by atoms with Crippen LogP contribution in [0.1, 0.15) is 33.6 Å². The van der Waals surface area contributed by atoms with E-state index in [9.17, 15) is 9.59 Å².